The number of amidine groups is 1. The fourth-order valence-corrected chi connectivity index (χ4v) is 2.51. The lowest BCUT2D eigenvalue weighted by Crippen LogP contribution is -2.37. The van der Waals surface area contributed by atoms with Crippen LogP contribution in [0.4, 0.5) is 0 Å². The summed E-state index contributed by atoms with van der Waals surface area (Å²) >= 11 is 5.96. The Balaban J connectivity index is 1.88. The van der Waals surface area contributed by atoms with Gasteiger partial charge in [0.1, 0.15) is 0 Å². The zero-order valence-corrected chi connectivity index (χ0v) is 10.6. The molecule has 1 fully saturated rings. The minimum atomic E-state index is 0.283. The van der Waals surface area contributed by atoms with Crippen LogP contribution >= 0.6 is 11.6 Å². The first-order chi connectivity index (χ1) is 8.15. The zero-order valence-electron chi connectivity index (χ0n) is 9.82. The third-order valence-corrected chi connectivity index (χ3v) is 3.56. The summed E-state index contributed by atoms with van der Waals surface area (Å²) < 4.78 is 0. The maximum Gasteiger partial charge on any atom is 0.0937 e. The first-order valence-electron chi connectivity index (χ1n) is 5.96. The van der Waals surface area contributed by atoms with E-state index in [4.69, 9.17) is 22.7 Å². The molecule has 0 bridgehead atoms. The van der Waals surface area contributed by atoms with E-state index in [2.05, 4.69) is 11.0 Å². The van der Waals surface area contributed by atoms with Crippen molar-refractivity contribution in [3.63, 3.8) is 0 Å². The Morgan fingerprint density at radius 2 is 2.12 bits per heavy atom. The highest BCUT2D eigenvalue weighted by molar-refractivity contribution is 6.30. The summed E-state index contributed by atoms with van der Waals surface area (Å²) in [7, 11) is 0. The molecule has 1 aliphatic rings. The number of hydrogen-bond donors (Lipinski definition) is 2. The lowest BCUT2D eigenvalue weighted by atomic mass is 9.95. The molecule has 0 amide bonds. The topological polar surface area (TPSA) is 53.1 Å². The molecule has 1 aliphatic heterocycles. The molecule has 0 unspecified atom stereocenters. The van der Waals surface area contributed by atoms with Gasteiger partial charge in [0.25, 0.3) is 0 Å². The maximum absolute atomic E-state index is 7.45. The monoisotopic (exact) mass is 251 g/mol. The van der Waals surface area contributed by atoms with Gasteiger partial charge in [-0.05, 0) is 43.6 Å². The molecule has 0 aliphatic carbocycles. The molecule has 1 aromatic rings. The van der Waals surface area contributed by atoms with E-state index < -0.39 is 0 Å². The molecule has 4 heteroatoms. The van der Waals surface area contributed by atoms with Gasteiger partial charge in [0.15, 0.2) is 0 Å². The third-order valence-electron chi connectivity index (χ3n) is 3.32. The molecule has 17 heavy (non-hydrogen) atoms. The molecule has 1 heterocycles. The summed E-state index contributed by atoms with van der Waals surface area (Å²) in [5, 5.41) is 8.24. The van der Waals surface area contributed by atoms with Crippen molar-refractivity contribution in [1.29, 1.82) is 5.41 Å². The van der Waals surface area contributed by atoms with Gasteiger partial charge in [-0.1, -0.05) is 23.7 Å². The number of rotatable bonds is 3. The standard InChI is InChI=1S/C13H18ClN3/c14-12-3-1-2-10(8-12)9-17-6-4-11(5-7-17)13(15)16/h1-3,8,11H,4-7,9H2,(H3,15,16). The summed E-state index contributed by atoms with van der Waals surface area (Å²) in [6, 6.07) is 7.99. The number of benzene rings is 1. The lowest BCUT2D eigenvalue weighted by molar-refractivity contribution is 0.201. The second kappa shape index (κ2) is 5.52. The third kappa shape index (κ3) is 3.45. The van der Waals surface area contributed by atoms with Crippen LogP contribution in [-0.4, -0.2) is 23.8 Å². The van der Waals surface area contributed by atoms with Gasteiger partial charge in [-0.2, -0.15) is 0 Å². The van der Waals surface area contributed by atoms with Gasteiger partial charge < -0.3 is 5.73 Å². The van der Waals surface area contributed by atoms with Crippen LogP contribution in [0.3, 0.4) is 0 Å². The largest absolute Gasteiger partial charge is 0.387 e. The first kappa shape index (κ1) is 12.4. The number of hydrogen-bond acceptors (Lipinski definition) is 2. The summed E-state index contributed by atoms with van der Waals surface area (Å²) in [4.78, 5) is 2.39. The van der Waals surface area contributed by atoms with Gasteiger partial charge >= 0.3 is 0 Å². The highest BCUT2D eigenvalue weighted by atomic mass is 35.5. The van der Waals surface area contributed by atoms with Gasteiger partial charge in [-0.25, -0.2) is 0 Å². The Kier molecular flexibility index (Phi) is 4.02. The molecule has 0 saturated carbocycles. The van der Waals surface area contributed by atoms with Crippen molar-refractivity contribution < 1.29 is 0 Å². The van der Waals surface area contributed by atoms with E-state index in [1.807, 2.05) is 18.2 Å². The highest BCUT2D eigenvalue weighted by Crippen LogP contribution is 2.19. The van der Waals surface area contributed by atoms with E-state index in [0.29, 0.717) is 5.84 Å². The van der Waals surface area contributed by atoms with Gasteiger partial charge in [-0.3, -0.25) is 10.3 Å². The van der Waals surface area contributed by atoms with Crippen LogP contribution in [0.2, 0.25) is 5.02 Å². The van der Waals surface area contributed by atoms with Crippen LogP contribution < -0.4 is 5.73 Å². The molecule has 3 nitrogen and oxygen atoms in total. The Morgan fingerprint density at radius 3 is 2.71 bits per heavy atom. The molecular formula is C13H18ClN3. The van der Waals surface area contributed by atoms with E-state index in [1.165, 1.54) is 5.56 Å². The number of nitrogens with one attached hydrogen (secondary N) is 1. The predicted octanol–water partition coefficient (Wildman–Crippen LogP) is 2.49. The number of likely N-dealkylation sites (tertiary alicyclic amines) is 1. The van der Waals surface area contributed by atoms with E-state index in [9.17, 15) is 0 Å². The molecule has 0 aromatic heterocycles. The van der Waals surface area contributed by atoms with E-state index in [1.54, 1.807) is 0 Å². The minimum Gasteiger partial charge on any atom is -0.387 e. The number of halogens is 1. The molecule has 0 radical (unpaired) electrons. The van der Waals surface area contributed by atoms with E-state index in [-0.39, 0.29) is 5.92 Å². The number of nitrogens with zero attached hydrogens (tertiary/aromatic N) is 1. The fourth-order valence-electron chi connectivity index (χ4n) is 2.30. The predicted molar refractivity (Wildman–Crippen MR) is 71.4 cm³/mol. The van der Waals surface area contributed by atoms with Crippen molar-refractivity contribution in [2.75, 3.05) is 13.1 Å². The van der Waals surface area contributed by atoms with Gasteiger partial charge in [0.05, 0.1) is 5.84 Å². The average Bonchev–Trinajstić information content (AvgIpc) is 2.29. The van der Waals surface area contributed by atoms with Gasteiger partial charge in [0, 0.05) is 17.5 Å². The van der Waals surface area contributed by atoms with Crippen LogP contribution in [0.25, 0.3) is 0 Å². The molecule has 0 atom stereocenters. The number of piperidine rings is 1. The summed E-state index contributed by atoms with van der Waals surface area (Å²) in [5.41, 5.74) is 6.78. The molecule has 0 spiro atoms. The maximum atomic E-state index is 7.45. The van der Waals surface area contributed by atoms with Gasteiger partial charge in [0.2, 0.25) is 0 Å². The van der Waals surface area contributed by atoms with Crippen LogP contribution in [0.15, 0.2) is 24.3 Å². The second-order valence-electron chi connectivity index (χ2n) is 4.64. The van der Waals surface area contributed by atoms with Crippen molar-refractivity contribution in [2.45, 2.75) is 19.4 Å². The molecule has 2 rings (SSSR count). The molecule has 3 N–H and O–H groups in total. The average molecular weight is 252 g/mol. The fraction of sp³-hybridized carbons (Fsp3) is 0.462. The van der Waals surface area contributed by atoms with Crippen LogP contribution in [0.1, 0.15) is 18.4 Å². The minimum absolute atomic E-state index is 0.283. The van der Waals surface area contributed by atoms with Crippen molar-refractivity contribution in [2.24, 2.45) is 11.7 Å². The number of nitrogens with two attached hydrogens (primary N) is 1. The second-order valence-corrected chi connectivity index (χ2v) is 5.07. The highest BCUT2D eigenvalue weighted by Gasteiger charge is 2.20. The summed E-state index contributed by atoms with van der Waals surface area (Å²) in [6.45, 7) is 2.96. The van der Waals surface area contributed by atoms with Gasteiger partial charge in [-0.15, -0.1) is 0 Å². The smallest absolute Gasteiger partial charge is 0.0937 e. The summed E-state index contributed by atoms with van der Waals surface area (Å²) in [6.07, 6.45) is 1.99. The quantitative estimate of drug-likeness (QED) is 0.641. The van der Waals surface area contributed by atoms with Crippen LogP contribution in [0.5, 0.6) is 0 Å². The Bertz CT molecular complexity index is 397. The van der Waals surface area contributed by atoms with E-state index in [0.717, 1.165) is 37.5 Å². The SMILES string of the molecule is N=C(N)C1CCN(Cc2cccc(Cl)c2)CC1. The van der Waals surface area contributed by atoms with E-state index >= 15 is 0 Å². The Labute approximate surface area is 107 Å². The zero-order chi connectivity index (χ0) is 12.3. The van der Waals surface area contributed by atoms with Crippen LogP contribution in [0, 0.1) is 11.3 Å². The first-order valence-corrected chi connectivity index (χ1v) is 6.33. The van der Waals surface area contributed by atoms with Crippen molar-refractivity contribution in [3.8, 4) is 0 Å². The molecule has 92 valence electrons. The lowest BCUT2D eigenvalue weighted by Gasteiger charge is -2.31. The molecular weight excluding hydrogens is 234 g/mol. The summed E-state index contributed by atoms with van der Waals surface area (Å²) in [5.74, 6) is 0.623. The molecule has 1 saturated heterocycles. The van der Waals surface area contributed by atoms with Crippen molar-refractivity contribution in [1.82, 2.24) is 4.90 Å². The Hall–Kier alpha value is -1.06. The molecule has 1 aromatic carbocycles. The normalized spacial score (nSPS) is 18.2. The Morgan fingerprint density at radius 1 is 1.41 bits per heavy atom. The van der Waals surface area contributed by atoms with Crippen molar-refractivity contribution >= 4 is 17.4 Å². The van der Waals surface area contributed by atoms with Crippen LogP contribution in [-0.2, 0) is 6.54 Å². The van der Waals surface area contributed by atoms with Crippen molar-refractivity contribution in [3.05, 3.63) is 34.9 Å².